The zero-order valence-corrected chi connectivity index (χ0v) is 19.2. The van der Waals surface area contributed by atoms with Crippen LogP contribution in [0.2, 0.25) is 0 Å². The highest BCUT2D eigenvalue weighted by Gasteiger charge is 2.14. The van der Waals surface area contributed by atoms with Gasteiger partial charge >= 0.3 is 0 Å². The van der Waals surface area contributed by atoms with Crippen LogP contribution in [-0.4, -0.2) is 16.4 Å². The van der Waals surface area contributed by atoms with Crippen LogP contribution in [-0.2, 0) is 17.9 Å². The monoisotopic (exact) mass is 492 g/mol. The third-order valence-corrected chi connectivity index (χ3v) is 5.42. The van der Waals surface area contributed by atoms with E-state index in [2.05, 4.69) is 26.6 Å². The number of carbonyl (C=O) groups is 2. The van der Waals surface area contributed by atoms with Crippen LogP contribution in [0.25, 0.3) is 0 Å². The highest BCUT2D eigenvalue weighted by Crippen LogP contribution is 2.13. The number of aromatic nitrogens is 1. The lowest BCUT2D eigenvalue weighted by Crippen LogP contribution is -2.31. The van der Waals surface area contributed by atoms with Crippen molar-refractivity contribution in [1.29, 1.82) is 5.26 Å². The van der Waals surface area contributed by atoms with Gasteiger partial charge in [-0.25, -0.2) is 0 Å². The minimum atomic E-state index is -0.499. The minimum absolute atomic E-state index is 0.0212. The van der Waals surface area contributed by atoms with E-state index in [1.807, 2.05) is 30.3 Å². The van der Waals surface area contributed by atoms with Gasteiger partial charge in [-0.2, -0.15) is 5.26 Å². The number of nitriles is 1. The summed E-state index contributed by atoms with van der Waals surface area (Å²) < 4.78 is 2.22. The van der Waals surface area contributed by atoms with Crippen molar-refractivity contribution in [3.63, 3.8) is 0 Å². The second-order valence-electron chi connectivity index (χ2n) is 7.28. The van der Waals surface area contributed by atoms with Gasteiger partial charge in [0.05, 0.1) is 0 Å². The van der Waals surface area contributed by atoms with Gasteiger partial charge in [-0.1, -0.05) is 34.1 Å². The topological polar surface area (TPSA) is 104 Å². The Morgan fingerprint density at radius 2 is 1.81 bits per heavy atom. The summed E-state index contributed by atoms with van der Waals surface area (Å²) in [6.07, 6.45) is 0. The molecular weight excluding hydrogens is 472 g/mol. The Bertz CT molecular complexity index is 1270. The van der Waals surface area contributed by atoms with Gasteiger partial charge in [0, 0.05) is 28.0 Å². The molecule has 0 fully saturated rings. The molecule has 0 aliphatic carbocycles. The molecule has 3 aromatic rings. The molecule has 0 saturated carbocycles. The summed E-state index contributed by atoms with van der Waals surface area (Å²) in [4.78, 5) is 37.5. The van der Waals surface area contributed by atoms with Crippen LogP contribution < -0.4 is 16.2 Å². The Hall–Kier alpha value is -3.70. The lowest BCUT2D eigenvalue weighted by atomic mass is 10.1. The predicted molar refractivity (Wildman–Crippen MR) is 125 cm³/mol. The molecule has 2 amide bonds. The van der Waals surface area contributed by atoms with E-state index in [4.69, 9.17) is 0 Å². The molecule has 0 spiro atoms. The lowest BCUT2D eigenvalue weighted by Gasteiger charge is -2.13. The van der Waals surface area contributed by atoms with Crippen molar-refractivity contribution in [1.82, 2.24) is 9.88 Å². The highest BCUT2D eigenvalue weighted by molar-refractivity contribution is 9.10. The number of rotatable bonds is 6. The third kappa shape index (κ3) is 5.50. The van der Waals surface area contributed by atoms with Gasteiger partial charge in [-0.15, -0.1) is 0 Å². The number of anilines is 1. The van der Waals surface area contributed by atoms with Crippen LogP contribution in [0, 0.1) is 25.2 Å². The largest absolute Gasteiger partial charge is 0.348 e. The normalized spacial score (nSPS) is 10.3. The number of nitrogens with one attached hydrogen (secondary N) is 2. The van der Waals surface area contributed by atoms with Crippen molar-refractivity contribution < 1.29 is 9.59 Å². The summed E-state index contributed by atoms with van der Waals surface area (Å²) in [5.41, 5.74) is 2.48. The maximum atomic E-state index is 12.5. The molecule has 0 aliphatic heterocycles. The van der Waals surface area contributed by atoms with Gasteiger partial charge in [0.2, 0.25) is 5.91 Å². The Kier molecular flexibility index (Phi) is 7.23. The van der Waals surface area contributed by atoms with E-state index in [1.54, 1.807) is 44.2 Å². The van der Waals surface area contributed by atoms with Gasteiger partial charge in [-0.3, -0.25) is 14.4 Å². The number of nitrogens with zero attached hydrogens (tertiary/aromatic N) is 2. The number of hydrogen-bond acceptors (Lipinski definition) is 4. The first-order chi connectivity index (χ1) is 15.3. The molecule has 0 aliphatic rings. The second kappa shape index (κ2) is 10.1. The fraction of sp³-hybridized carbons (Fsp3) is 0.167. The number of amides is 2. The standard InChI is InChI=1S/C24H21BrN4O3/c1-15-10-16(2)29(24(32)21(15)12-26)14-22(30)28-20-5-3-4-18(11-20)23(31)27-13-17-6-8-19(25)9-7-17/h3-11H,13-14H2,1-2H3,(H,27,31)(H,28,30). The van der Waals surface area contributed by atoms with E-state index in [0.717, 1.165) is 10.0 Å². The van der Waals surface area contributed by atoms with Gasteiger partial charge in [0.25, 0.3) is 11.5 Å². The number of benzene rings is 2. The van der Waals surface area contributed by atoms with E-state index < -0.39 is 11.5 Å². The zero-order valence-electron chi connectivity index (χ0n) is 17.6. The number of hydrogen-bond donors (Lipinski definition) is 2. The first-order valence-corrected chi connectivity index (χ1v) is 10.6. The molecule has 0 saturated heterocycles. The quantitative estimate of drug-likeness (QED) is 0.547. The van der Waals surface area contributed by atoms with Crippen molar-refractivity contribution >= 4 is 33.4 Å². The smallest absolute Gasteiger partial charge is 0.269 e. The van der Waals surface area contributed by atoms with Gasteiger partial charge < -0.3 is 15.2 Å². The number of pyridine rings is 1. The molecule has 1 heterocycles. The van der Waals surface area contributed by atoms with Crippen LogP contribution >= 0.6 is 15.9 Å². The number of halogens is 1. The molecule has 32 heavy (non-hydrogen) atoms. The molecule has 3 rings (SSSR count). The van der Waals surface area contributed by atoms with E-state index in [-0.39, 0.29) is 18.0 Å². The molecule has 0 radical (unpaired) electrons. The van der Waals surface area contributed by atoms with Gasteiger partial charge in [0.15, 0.2) is 0 Å². The maximum absolute atomic E-state index is 12.5. The number of aryl methyl sites for hydroxylation is 2. The average molecular weight is 493 g/mol. The average Bonchev–Trinajstić information content (AvgIpc) is 2.76. The molecule has 0 unspecified atom stereocenters. The Morgan fingerprint density at radius 3 is 2.50 bits per heavy atom. The number of carbonyl (C=O) groups excluding carboxylic acids is 2. The predicted octanol–water partition coefficient (Wildman–Crippen LogP) is 3.67. The SMILES string of the molecule is Cc1cc(C)n(CC(=O)Nc2cccc(C(=O)NCc3ccc(Br)cc3)c2)c(=O)c1C#N. The van der Waals surface area contributed by atoms with Crippen molar-refractivity contribution in [2.75, 3.05) is 5.32 Å². The molecule has 0 atom stereocenters. The first kappa shape index (κ1) is 23.0. The Labute approximate surface area is 193 Å². The van der Waals surface area contributed by atoms with Crippen LogP contribution in [0.4, 0.5) is 5.69 Å². The van der Waals surface area contributed by atoms with Gasteiger partial charge in [0.1, 0.15) is 18.2 Å². The molecule has 7 nitrogen and oxygen atoms in total. The fourth-order valence-electron chi connectivity index (χ4n) is 3.23. The molecule has 8 heteroatoms. The summed E-state index contributed by atoms with van der Waals surface area (Å²) in [5, 5.41) is 14.7. The molecule has 1 aromatic heterocycles. The minimum Gasteiger partial charge on any atom is -0.348 e. The van der Waals surface area contributed by atoms with Crippen LogP contribution in [0.5, 0.6) is 0 Å². The second-order valence-corrected chi connectivity index (χ2v) is 8.20. The Balaban J connectivity index is 1.67. The van der Waals surface area contributed by atoms with E-state index in [0.29, 0.717) is 29.1 Å². The zero-order chi connectivity index (χ0) is 23.3. The van der Waals surface area contributed by atoms with E-state index in [1.165, 1.54) is 4.57 Å². The van der Waals surface area contributed by atoms with E-state index in [9.17, 15) is 19.6 Å². The summed E-state index contributed by atoms with van der Waals surface area (Å²) in [6, 6.07) is 17.8. The van der Waals surface area contributed by atoms with Crippen LogP contribution in [0.15, 0.2) is 63.9 Å². The summed E-state index contributed by atoms with van der Waals surface area (Å²) >= 11 is 3.37. The summed E-state index contributed by atoms with van der Waals surface area (Å²) in [7, 11) is 0. The van der Waals surface area contributed by atoms with E-state index >= 15 is 0 Å². The molecule has 0 bridgehead atoms. The summed E-state index contributed by atoms with van der Waals surface area (Å²) in [5.74, 6) is -0.705. The Morgan fingerprint density at radius 1 is 1.09 bits per heavy atom. The fourth-order valence-corrected chi connectivity index (χ4v) is 3.49. The third-order valence-electron chi connectivity index (χ3n) is 4.89. The molecule has 2 N–H and O–H groups in total. The van der Waals surface area contributed by atoms with Crippen molar-refractivity contribution in [3.05, 3.63) is 97.4 Å². The summed E-state index contributed by atoms with van der Waals surface area (Å²) in [6.45, 7) is 3.53. The highest BCUT2D eigenvalue weighted by atomic mass is 79.9. The van der Waals surface area contributed by atoms with Gasteiger partial charge in [-0.05, 0) is 61.4 Å². The van der Waals surface area contributed by atoms with Crippen LogP contribution in [0.1, 0.15) is 32.7 Å². The molecule has 2 aromatic carbocycles. The van der Waals surface area contributed by atoms with Crippen molar-refractivity contribution in [2.45, 2.75) is 26.9 Å². The van der Waals surface area contributed by atoms with Crippen molar-refractivity contribution in [3.8, 4) is 6.07 Å². The molecule has 162 valence electrons. The van der Waals surface area contributed by atoms with Crippen LogP contribution in [0.3, 0.4) is 0 Å². The maximum Gasteiger partial charge on any atom is 0.269 e. The first-order valence-electron chi connectivity index (χ1n) is 9.82. The van der Waals surface area contributed by atoms with Crippen molar-refractivity contribution in [2.24, 2.45) is 0 Å². The molecular formula is C24H21BrN4O3. The lowest BCUT2D eigenvalue weighted by molar-refractivity contribution is -0.116.